The molecule has 0 radical (unpaired) electrons. The number of benzene rings is 1. The number of nitrogen functional groups attached to an aromatic ring is 1. The second-order valence-electron chi connectivity index (χ2n) is 4.72. The first-order chi connectivity index (χ1) is 10.8. The van der Waals surface area contributed by atoms with Gasteiger partial charge in [-0.1, -0.05) is 6.92 Å². The Morgan fingerprint density at radius 3 is 1.87 bits per heavy atom. The minimum atomic E-state index is -2.26. The number of anilines is 1. The van der Waals surface area contributed by atoms with Crippen molar-refractivity contribution in [3.8, 4) is 17.2 Å². The quantitative estimate of drug-likeness (QED) is 0.519. The zero-order chi connectivity index (χ0) is 17.5. The van der Waals surface area contributed by atoms with Gasteiger partial charge >= 0.3 is 0 Å². The van der Waals surface area contributed by atoms with E-state index in [0.29, 0.717) is 0 Å². The Kier molecular flexibility index (Phi) is 4.23. The predicted octanol–water partition coefficient (Wildman–Crippen LogP) is 3.77. The molecule has 0 aliphatic heterocycles. The summed E-state index contributed by atoms with van der Waals surface area (Å²) in [6.45, 7) is 3.06. The average Bonchev–Trinajstić information content (AvgIpc) is 2.51. The van der Waals surface area contributed by atoms with Crippen LogP contribution in [0.3, 0.4) is 0 Å². The van der Waals surface area contributed by atoms with Crippen LogP contribution in [-0.2, 0) is 6.42 Å². The molecule has 120 valence electrons. The third kappa shape index (κ3) is 2.38. The van der Waals surface area contributed by atoms with Gasteiger partial charge in [0.05, 0.1) is 5.56 Å². The molecule has 8 heteroatoms. The van der Waals surface area contributed by atoms with E-state index in [2.05, 4.69) is 4.98 Å². The number of pyridine rings is 1. The Balaban J connectivity index is 3.08. The average molecular weight is 327 g/mol. The van der Waals surface area contributed by atoms with Gasteiger partial charge in [-0.25, -0.2) is 26.9 Å². The molecule has 1 heterocycles. The molecule has 0 aliphatic rings. The van der Waals surface area contributed by atoms with E-state index in [1.54, 1.807) is 13.0 Å². The fraction of sp³-hybridized carbons (Fsp3) is 0.200. The molecule has 2 N–H and O–H groups in total. The summed E-state index contributed by atoms with van der Waals surface area (Å²) in [5.74, 6) is -10.8. The fourth-order valence-corrected chi connectivity index (χ4v) is 2.41. The number of hydrogen-bond donors (Lipinski definition) is 1. The van der Waals surface area contributed by atoms with E-state index in [0.717, 1.165) is 0 Å². The van der Waals surface area contributed by atoms with Gasteiger partial charge in [0.1, 0.15) is 17.5 Å². The third-order valence-electron chi connectivity index (χ3n) is 3.46. The number of aromatic nitrogens is 1. The summed E-state index contributed by atoms with van der Waals surface area (Å²) in [5.41, 5.74) is 3.95. The van der Waals surface area contributed by atoms with Crippen molar-refractivity contribution in [2.75, 3.05) is 5.73 Å². The maximum atomic E-state index is 14.1. The van der Waals surface area contributed by atoms with Crippen molar-refractivity contribution < 1.29 is 22.0 Å². The number of nitrogens with two attached hydrogens (primary N) is 1. The van der Waals surface area contributed by atoms with E-state index >= 15 is 0 Å². The molecule has 1 aromatic carbocycles. The molecule has 0 bridgehead atoms. The van der Waals surface area contributed by atoms with Crippen LogP contribution in [-0.4, -0.2) is 4.98 Å². The summed E-state index contributed by atoms with van der Waals surface area (Å²) in [5, 5.41) is 9.17. The first-order valence-corrected chi connectivity index (χ1v) is 6.47. The van der Waals surface area contributed by atoms with Gasteiger partial charge in [0.15, 0.2) is 23.3 Å². The molecule has 0 amide bonds. The molecule has 1 aromatic heterocycles. The topological polar surface area (TPSA) is 62.7 Å². The minimum Gasteiger partial charge on any atom is -0.383 e. The van der Waals surface area contributed by atoms with E-state index in [1.165, 1.54) is 6.92 Å². The largest absolute Gasteiger partial charge is 0.383 e. The maximum Gasteiger partial charge on any atom is 0.200 e. The van der Waals surface area contributed by atoms with Crippen LogP contribution in [0.5, 0.6) is 0 Å². The second-order valence-corrected chi connectivity index (χ2v) is 4.72. The first-order valence-electron chi connectivity index (χ1n) is 6.47. The van der Waals surface area contributed by atoms with Gasteiger partial charge in [0, 0.05) is 11.3 Å². The van der Waals surface area contributed by atoms with Crippen molar-refractivity contribution in [2.24, 2.45) is 0 Å². The van der Waals surface area contributed by atoms with E-state index in [1.807, 2.05) is 0 Å². The molecule has 3 nitrogen and oxygen atoms in total. The summed E-state index contributed by atoms with van der Waals surface area (Å²) < 4.78 is 68.3. The summed E-state index contributed by atoms with van der Waals surface area (Å²) in [4.78, 5) is 3.87. The summed E-state index contributed by atoms with van der Waals surface area (Å²) in [6.07, 6.45) is 0.155. The molecule has 0 spiro atoms. The standard InChI is InChI=1S/C15H10F5N3/c1-3-6-5(2)23-15(22)7(4-21)8(6)9-10(16)12(18)14(20)13(19)11(9)17/h3H2,1-2H3,(H2,22,23). The zero-order valence-corrected chi connectivity index (χ0v) is 12.1. The van der Waals surface area contributed by atoms with Gasteiger partial charge in [-0.3, -0.25) is 0 Å². The number of rotatable bonds is 2. The molecule has 0 saturated heterocycles. The van der Waals surface area contributed by atoms with Crippen LogP contribution < -0.4 is 5.73 Å². The van der Waals surface area contributed by atoms with Crippen molar-refractivity contribution in [1.29, 1.82) is 5.26 Å². The lowest BCUT2D eigenvalue weighted by Crippen LogP contribution is -2.10. The molecular weight excluding hydrogens is 317 g/mol. The number of hydrogen-bond acceptors (Lipinski definition) is 3. The van der Waals surface area contributed by atoms with Crippen molar-refractivity contribution in [3.05, 3.63) is 45.9 Å². The summed E-state index contributed by atoms with van der Waals surface area (Å²) in [7, 11) is 0. The Hall–Kier alpha value is -2.69. The smallest absolute Gasteiger partial charge is 0.200 e. The summed E-state index contributed by atoms with van der Waals surface area (Å²) in [6, 6.07) is 1.61. The van der Waals surface area contributed by atoms with Crippen molar-refractivity contribution >= 4 is 5.82 Å². The number of halogens is 5. The Labute approximate surface area is 128 Å². The molecule has 2 aromatic rings. The highest BCUT2D eigenvalue weighted by Gasteiger charge is 2.30. The van der Waals surface area contributed by atoms with Crippen LogP contribution in [0.4, 0.5) is 27.8 Å². The lowest BCUT2D eigenvalue weighted by atomic mass is 9.92. The molecule has 0 unspecified atom stereocenters. The monoisotopic (exact) mass is 327 g/mol. The van der Waals surface area contributed by atoms with Crippen LogP contribution in [0.25, 0.3) is 11.1 Å². The number of nitrogens with zero attached hydrogens (tertiary/aromatic N) is 2. The van der Waals surface area contributed by atoms with E-state index in [-0.39, 0.29) is 23.5 Å². The first kappa shape index (κ1) is 16.7. The van der Waals surface area contributed by atoms with Crippen LogP contribution >= 0.6 is 0 Å². The van der Waals surface area contributed by atoms with Crippen molar-refractivity contribution in [3.63, 3.8) is 0 Å². The lowest BCUT2D eigenvalue weighted by molar-refractivity contribution is 0.381. The Morgan fingerprint density at radius 1 is 0.957 bits per heavy atom. The third-order valence-corrected chi connectivity index (χ3v) is 3.46. The molecule has 23 heavy (non-hydrogen) atoms. The highest BCUT2D eigenvalue weighted by molar-refractivity contribution is 5.80. The molecule has 0 saturated carbocycles. The molecule has 0 atom stereocenters. The van der Waals surface area contributed by atoms with Gasteiger partial charge in [0.2, 0.25) is 5.82 Å². The molecular formula is C15H10F5N3. The van der Waals surface area contributed by atoms with Crippen LogP contribution in [0.15, 0.2) is 0 Å². The van der Waals surface area contributed by atoms with E-state index < -0.39 is 45.8 Å². The Morgan fingerprint density at radius 2 is 1.43 bits per heavy atom. The van der Waals surface area contributed by atoms with Crippen molar-refractivity contribution in [1.82, 2.24) is 4.98 Å². The highest BCUT2D eigenvalue weighted by atomic mass is 19.2. The maximum absolute atomic E-state index is 14.1. The second kappa shape index (κ2) is 5.83. The van der Waals surface area contributed by atoms with Crippen molar-refractivity contribution in [2.45, 2.75) is 20.3 Å². The lowest BCUT2D eigenvalue weighted by Gasteiger charge is -2.16. The highest BCUT2D eigenvalue weighted by Crippen LogP contribution is 2.38. The van der Waals surface area contributed by atoms with Gasteiger partial charge < -0.3 is 5.73 Å². The Bertz CT molecular complexity index is 827. The SMILES string of the molecule is CCc1c(C)nc(N)c(C#N)c1-c1c(F)c(F)c(F)c(F)c1F. The number of nitriles is 1. The minimum absolute atomic E-state index is 0.155. The molecule has 2 rings (SSSR count). The normalized spacial score (nSPS) is 10.7. The summed E-state index contributed by atoms with van der Waals surface area (Å²) >= 11 is 0. The predicted molar refractivity (Wildman–Crippen MR) is 72.7 cm³/mol. The fourth-order valence-electron chi connectivity index (χ4n) is 2.41. The number of aryl methyl sites for hydroxylation is 1. The van der Waals surface area contributed by atoms with Gasteiger partial charge in [-0.05, 0) is 18.9 Å². The van der Waals surface area contributed by atoms with Gasteiger partial charge in [-0.2, -0.15) is 5.26 Å². The van der Waals surface area contributed by atoms with E-state index in [4.69, 9.17) is 11.0 Å². The van der Waals surface area contributed by atoms with E-state index in [9.17, 15) is 22.0 Å². The zero-order valence-electron chi connectivity index (χ0n) is 12.1. The van der Waals surface area contributed by atoms with Gasteiger partial charge in [0.25, 0.3) is 0 Å². The van der Waals surface area contributed by atoms with Gasteiger partial charge in [-0.15, -0.1) is 0 Å². The molecule has 0 aliphatic carbocycles. The van der Waals surface area contributed by atoms with Crippen LogP contribution in [0, 0.1) is 47.3 Å². The molecule has 0 fully saturated rings. The van der Waals surface area contributed by atoms with Crippen LogP contribution in [0.2, 0.25) is 0 Å². The van der Waals surface area contributed by atoms with Crippen LogP contribution in [0.1, 0.15) is 23.7 Å².